The van der Waals surface area contributed by atoms with Crippen LogP contribution < -0.4 is 5.32 Å². The Morgan fingerprint density at radius 2 is 2.19 bits per heavy atom. The number of sulfone groups is 1. The highest BCUT2D eigenvalue weighted by molar-refractivity contribution is 7.91. The minimum absolute atomic E-state index is 0.104. The van der Waals surface area contributed by atoms with Gasteiger partial charge in [-0.15, -0.1) is 0 Å². The number of nitrogens with one attached hydrogen (secondary N) is 1. The van der Waals surface area contributed by atoms with E-state index in [0.717, 1.165) is 11.4 Å². The summed E-state index contributed by atoms with van der Waals surface area (Å²) in [4.78, 5) is 0. The summed E-state index contributed by atoms with van der Waals surface area (Å²) in [5.74, 6) is 0.336. The number of nitrogens with zero attached hydrogens (tertiary/aromatic N) is 2. The lowest BCUT2D eigenvalue weighted by Gasteiger charge is -2.14. The van der Waals surface area contributed by atoms with E-state index < -0.39 is 9.84 Å². The summed E-state index contributed by atoms with van der Waals surface area (Å²) in [5.41, 5.74) is 1.89. The SMILES string of the molecule is CCS(=O)(=O)CC(C)Nc1cnn(C)c1C. The topological polar surface area (TPSA) is 64.0 Å². The van der Waals surface area contributed by atoms with Crippen molar-refractivity contribution in [3.8, 4) is 0 Å². The van der Waals surface area contributed by atoms with Crippen LogP contribution in [-0.4, -0.2) is 35.7 Å². The molecule has 0 bridgehead atoms. The number of rotatable bonds is 5. The zero-order chi connectivity index (χ0) is 12.3. The molecule has 0 amide bonds. The minimum Gasteiger partial charge on any atom is -0.379 e. The Morgan fingerprint density at radius 1 is 1.56 bits per heavy atom. The van der Waals surface area contributed by atoms with Gasteiger partial charge in [-0.2, -0.15) is 5.10 Å². The second-order valence-electron chi connectivity index (χ2n) is 4.01. The Bertz CT molecular complexity index is 451. The fourth-order valence-electron chi connectivity index (χ4n) is 1.45. The third-order valence-corrected chi connectivity index (χ3v) is 4.47. The molecular weight excluding hydrogens is 226 g/mol. The molecule has 0 aliphatic rings. The quantitative estimate of drug-likeness (QED) is 0.839. The highest BCUT2D eigenvalue weighted by atomic mass is 32.2. The van der Waals surface area contributed by atoms with Crippen LogP contribution in [0.25, 0.3) is 0 Å². The van der Waals surface area contributed by atoms with Crippen molar-refractivity contribution in [3.05, 3.63) is 11.9 Å². The third kappa shape index (κ3) is 3.23. The average molecular weight is 245 g/mol. The molecule has 16 heavy (non-hydrogen) atoms. The van der Waals surface area contributed by atoms with E-state index in [2.05, 4.69) is 10.4 Å². The molecule has 92 valence electrons. The molecule has 1 heterocycles. The molecule has 0 saturated heterocycles. The normalized spacial score (nSPS) is 13.8. The summed E-state index contributed by atoms with van der Waals surface area (Å²) in [7, 11) is -1.08. The predicted molar refractivity (Wildman–Crippen MR) is 65.4 cm³/mol. The van der Waals surface area contributed by atoms with Gasteiger partial charge in [-0.1, -0.05) is 6.92 Å². The predicted octanol–water partition coefficient (Wildman–Crippen LogP) is 0.964. The monoisotopic (exact) mass is 245 g/mol. The second-order valence-corrected chi connectivity index (χ2v) is 6.41. The van der Waals surface area contributed by atoms with Crippen LogP contribution in [0.2, 0.25) is 0 Å². The number of anilines is 1. The largest absolute Gasteiger partial charge is 0.379 e. The zero-order valence-electron chi connectivity index (χ0n) is 10.2. The van der Waals surface area contributed by atoms with Gasteiger partial charge in [0.1, 0.15) is 0 Å². The Balaban J connectivity index is 2.65. The van der Waals surface area contributed by atoms with E-state index in [1.54, 1.807) is 17.8 Å². The van der Waals surface area contributed by atoms with E-state index in [1.165, 1.54) is 0 Å². The van der Waals surface area contributed by atoms with E-state index in [9.17, 15) is 8.42 Å². The van der Waals surface area contributed by atoms with Crippen LogP contribution >= 0.6 is 0 Å². The number of hydrogen-bond acceptors (Lipinski definition) is 4. The van der Waals surface area contributed by atoms with E-state index in [0.29, 0.717) is 0 Å². The van der Waals surface area contributed by atoms with Gasteiger partial charge in [0.15, 0.2) is 9.84 Å². The van der Waals surface area contributed by atoms with Gasteiger partial charge >= 0.3 is 0 Å². The smallest absolute Gasteiger partial charge is 0.152 e. The molecule has 1 unspecified atom stereocenters. The molecule has 0 radical (unpaired) electrons. The maximum atomic E-state index is 11.4. The number of hydrogen-bond donors (Lipinski definition) is 1. The molecule has 5 nitrogen and oxygen atoms in total. The van der Waals surface area contributed by atoms with Crippen molar-refractivity contribution in [1.29, 1.82) is 0 Å². The van der Waals surface area contributed by atoms with Gasteiger partial charge in [-0.25, -0.2) is 8.42 Å². The summed E-state index contributed by atoms with van der Waals surface area (Å²) in [6, 6.07) is -0.104. The second kappa shape index (κ2) is 4.86. The van der Waals surface area contributed by atoms with E-state index in [-0.39, 0.29) is 17.5 Å². The standard InChI is InChI=1S/C10H19N3O2S/c1-5-16(14,15)7-8(2)12-10-6-11-13(4)9(10)3/h6,8,12H,5,7H2,1-4H3. The highest BCUT2D eigenvalue weighted by Gasteiger charge is 2.14. The van der Waals surface area contributed by atoms with Crippen molar-refractivity contribution in [2.45, 2.75) is 26.8 Å². The first-order valence-electron chi connectivity index (χ1n) is 5.31. The van der Waals surface area contributed by atoms with E-state index in [4.69, 9.17) is 0 Å². The molecule has 1 rings (SSSR count). The first-order valence-corrected chi connectivity index (χ1v) is 7.13. The Labute approximate surface area is 96.8 Å². The molecule has 0 spiro atoms. The fraction of sp³-hybridized carbons (Fsp3) is 0.700. The van der Waals surface area contributed by atoms with E-state index in [1.807, 2.05) is 20.9 Å². The minimum atomic E-state index is -2.93. The molecule has 1 aromatic heterocycles. The van der Waals surface area contributed by atoms with Crippen LogP contribution in [0, 0.1) is 6.92 Å². The summed E-state index contributed by atoms with van der Waals surface area (Å²) in [6.45, 7) is 5.47. The van der Waals surface area contributed by atoms with Gasteiger partial charge in [0, 0.05) is 18.8 Å². The first-order chi connectivity index (χ1) is 7.35. The van der Waals surface area contributed by atoms with Crippen LogP contribution in [0.4, 0.5) is 5.69 Å². The Morgan fingerprint density at radius 3 is 2.62 bits per heavy atom. The fourth-order valence-corrected chi connectivity index (χ4v) is 2.53. The van der Waals surface area contributed by atoms with Crippen LogP contribution in [-0.2, 0) is 16.9 Å². The Hall–Kier alpha value is -1.04. The third-order valence-electron chi connectivity index (χ3n) is 2.58. The number of aromatic nitrogens is 2. The molecular formula is C10H19N3O2S. The van der Waals surface area contributed by atoms with Crippen molar-refractivity contribution < 1.29 is 8.42 Å². The van der Waals surface area contributed by atoms with Crippen LogP contribution in [0.15, 0.2) is 6.20 Å². The molecule has 1 atom stereocenters. The maximum Gasteiger partial charge on any atom is 0.152 e. The lowest BCUT2D eigenvalue weighted by molar-refractivity contribution is 0.593. The lowest BCUT2D eigenvalue weighted by Crippen LogP contribution is -2.26. The molecule has 0 saturated carbocycles. The summed E-state index contributed by atoms with van der Waals surface area (Å²) < 4.78 is 24.6. The summed E-state index contributed by atoms with van der Waals surface area (Å²) in [5, 5.41) is 7.25. The molecule has 0 aliphatic heterocycles. The van der Waals surface area contributed by atoms with Gasteiger partial charge in [0.2, 0.25) is 0 Å². The Kier molecular flexibility index (Phi) is 3.96. The molecule has 1 aromatic rings. The van der Waals surface area contributed by atoms with Gasteiger partial charge < -0.3 is 5.32 Å². The van der Waals surface area contributed by atoms with Gasteiger partial charge in [-0.05, 0) is 13.8 Å². The van der Waals surface area contributed by atoms with Crippen LogP contribution in [0.1, 0.15) is 19.5 Å². The number of aryl methyl sites for hydroxylation is 1. The average Bonchev–Trinajstić information content (AvgIpc) is 2.49. The summed E-state index contributed by atoms with van der Waals surface area (Å²) in [6.07, 6.45) is 1.71. The molecule has 0 fully saturated rings. The molecule has 0 aromatic carbocycles. The summed E-state index contributed by atoms with van der Waals surface area (Å²) >= 11 is 0. The molecule has 0 aliphatic carbocycles. The molecule has 6 heteroatoms. The van der Waals surface area contributed by atoms with Crippen LogP contribution in [0.5, 0.6) is 0 Å². The van der Waals surface area contributed by atoms with Crippen molar-refractivity contribution in [1.82, 2.24) is 9.78 Å². The van der Waals surface area contributed by atoms with Crippen molar-refractivity contribution in [3.63, 3.8) is 0 Å². The first kappa shape index (κ1) is 13.0. The molecule has 1 N–H and O–H groups in total. The van der Waals surface area contributed by atoms with Crippen molar-refractivity contribution in [2.24, 2.45) is 7.05 Å². The zero-order valence-corrected chi connectivity index (χ0v) is 11.0. The van der Waals surface area contributed by atoms with Gasteiger partial charge in [-0.3, -0.25) is 4.68 Å². The van der Waals surface area contributed by atoms with Gasteiger partial charge in [0.05, 0.1) is 23.3 Å². The van der Waals surface area contributed by atoms with Crippen LogP contribution in [0.3, 0.4) is 0 Å². The van der Waals surface area contributed by atoms with Gasteiger partial charge in [0.25, 0.3) is 0 Å². The lowest BCUT2D eigenvalue weighted by atomic mass is 10.3. The van der Waals surface area contributed by atoms with Crippen molar-refractivity contribution >= 4 is 15.5 Å². The van der Waals surface area contributed by atoms with E-state index >= 15 is 0 Å². The highest BCUT2D eigenvalue weighted by Crippen LogP contribution is 2.13. The maximum absolute atomic E-state index is 11.4. The van der Waals surface area contributed by atoms with Crippen molar-refractivity contribution in [2.75, 3.05) is 16.8 Å².